The minimum Gasteiger partial charge on any atom is -0.468 e. The topological polar surface area (TPSA) is 38.3 Å². The Morgan fingerprint density at radius 3 is 2.00 bits per heavy atom. The number of hydrogen-bond donors (Lipinski definition) is 1. The molecule has 0 bridgehead atoms. The Morgan fingerprint density at radius 2 is 1.75 bits per heavy atom. The van der Waals surface area contributed by atoms with Crippen molar-refractivity contribution in [2.24, 2.45) is 0 Å². The molecule has 0 rings (SSSR count). The van der Waals surface area contributed by atoms with Crippen molar-refractivity contribution in [2.75, 3.05) is 0 Å². The normalized spacial score (nSPS) is 10.5. The first-order valence-corrected chi connectivity index (χ1v) is 3.61. The summed E-state index contributed by atoms with van der Waals surface area (Å²) in [5.74, 6) is 0. The van der Waals surface area contributed by atoms with Gasteiger partial charge in [-0.2, -0.15) is 13.8 Å². The molecule has 12 heavy (non-hydrogen) atoms. The SMILES string of the molecule is C[C-](C)NC(=O)OC(C)(C)C.[Y]. The van der Waals surface area contributed by atoms with Crippen molar-refractivity contribution >= 4 is 6.09 Å². The van der Waals surface area contributed by atoms with Crippen molar-refractivity contribution in [3.63, 3.8) is 0 Å². The van der Waals surface area contributed by atoms with Gasteiger partial charge >= 0.3 is 6.09 Å². The average Bonchev–Trinajstić information content (AvgIpc) is 1.53. The molecule has 69 valence electrons. The monoisotopic (exact) mass is 247 g/mol. The molecule has 1 N–H and O–H groups in total. The second-order valence-corrected chi connectivity index (χ2v) is 3.63. The molecule has 0 fully saturated rings. The second-order valence-electron chi connectivity index (χ2n) is 3.63. The smallest absolute Gasteiger partial charge is 0.378 e. The van der Waals surface area contributed by atoms with Gasteiger partial charge in [0.15, 0.2) is 0 Å². The third-order valence-corrected chi connectivity index (χ3v) is 0.751. The van der Waals surface area contributed by atoms with Crippen LogP contribution in [0.15, 0.2) is 0 Å². The van der Waals surface area contributed by atoms with E-state index in [1.165, 1.54) is 0 Å². The van der Waals surface area contributed by atoms with Crippen LogP contribution in [0.1, 0.15) is 34.6 Å². The second kappa shape index (κ2) is 5.92. The molecule has 0 aliphatic rings. The molecule has 1 radical (unpaired) electrons. The van der Waals surface area contributed by atoms with E-state index in [9.17, 15) is 4.79 Å². The third-order valence-electron chi connectivity index (χ3n) is 0.751. The van der Waals surface area contributed by atoms with Gasteiger partial charge in [-0.05, 0) is 20.8 Å². The molecule has 1 amide bonds. The maximum absolute atomic E-state index is 10.9. The molecule has 3 nitrogen and oxygen atoms in total. The first kappa shape index (κ1) is 14.9. The van der Waals surface area contributed by atoms with Crippen LogP contribution < -0.4 is 5.32 Å². The Bertz CT molecular complexity index is 140. The molecule has 0 aromatic carbocycles. The Hall–Kier alpha value is 0.374. The Balaban J connectivity index is 0. The predicted molar refractivity (Wildman–Crippen MR) is 44.0 cm³/mol. The van der Waals surface area contributed by atoms with Gasteiger partial charge in [-0.1, -0.05) is 0 Å². The van der Waals surface area contributed by atoms with Crippen LogP contribution in [0.4, 0.5) is 4.79 Å². The average molecular weight is 247 g/mol. The summed E-state index contributed by atoms with van der Waals surface area (Å²) < 4.78 is 4.98. The molecular formula is C8H16NO2Y-. The van der Waals surface area contributed by atoms with Crippen LogP contribution in [-0.4, -0.2) is 11.7 Å². The molecule has 0 saturated heterocycles. The van der Waals surface area contributed by atoms with Gasteiger partial charge in [0, 0.05) is 32.7 Å². The number of ether oxygens (including phenoxy) is 1. The number of carbonyl (C=O) groups is 1. The summed E-state index contributed by atoms with van der Waals surface area (Å²) in [6.07, 6.45) is -0.391. The van der Waals surface area contributed by atoms with Crippen LogP contribution in [0, 0.1) is 6.04 Å². The van der Waals surface area contributed by atoms with E-state index < -0.39 is 11.7 Å². The van der Waals surface area contributed by atoms with Gasteiger partial charge < -0.3 is 10.1 Å². The minimum atomic E-state index is -0.417. The quantitative estimate of drug-likeness (QED) is 0.720. The number of carbonyl (C=O) groups excluding carboxylic acids is 1. The molecule has 4 heteroatoms. The fraction of sp³-hybridized carbons (Fsp3) is 0.750. The zero-order valence-electron chi connectivity index (χ0n) is 8.39. The molecule has 0 aliphatic carbocycles. The number of nitrogens with one attached hydrogen (secondary N) is 1. The Labute approximate surface area is 99.5 Å². The van der Waals surface area contributed by atoms with E-state index in [0.29, 0.717) is 0 Å². The van der Waals surface area contributed by atoms with E-state index in [0.717, 1.165) is 6.04 Å². The predicted octanol–water partition coefficient (Wildman–Crippen LogP) is 2.08. The molecule has 0 spiro atoms. The summed E-state index contributed by atoms with van der Waals surface area (Å²) >= 11 is 0. The zero-order valence-corrected chi connectivity index (χ0v) is 11.2. The molecule has 0 aromatic rings. The molecule has 0 aromatic heterocycles. The van der Waals surface area contributed by atoms with Crippen LogP contribution in [0.2, 0.25) is 0 Å². The summed E-state index contributed by atoms with van der Waals surface area (Å²) in [7, 11) is 0. The van der Waals surface area contributed by atoms with Gasteiger partial charge in [0.2, 0.25) is 0 Å². The van der Waals surface area contributed by atoms with Crippen LogP contribution in [-0.2, 0) is 37.4 Å². The molecular weight excluding hydrogens is 231 g/mol. The van der Waals surface area contributed by atoms with Gasteiger partial charge in [-0.3, -0.25) is 0 Å². The standard InChI is InChI=1S/C8H16NO2.Y/c1-6(2)9-7(10)11-8(3,4)5;/h1-5H3,(H,9,10);/q-1;. The number of alkyl carbamates (subject to hydrolysis) is 1. The number of hydrogen-bond acceptors (Lipinski definition) is 2. The molecule has 0 unspecified atom stereocenters. The van der Waals surface area contributed by atoms with E-state index >= 15 is 0 Å². The maximum Gasteiger partial charge on any atom is 0.378 e. The van der Waals surface area contributed by atoms with Crippen LogP contribution in [0.5, 0.6) is 0 Å². The van der Waals surface area contributed by atoms with Crippen molar-refractivity contribution in [2.45, 2.75) is 40.2 Å². The maximum atomic E-state index is 10.9. The van der Waals surface area contributed by atoms with E-state index in [1.807, 2.05) is 34.6 Å². The summed E-state index contributed by atoms with van der Waals surface area (Å²) in [4.78, 5) is 10.9. The van der Waals surface area contributed by atoms with E-state index in [-0.39, 0.29) is 32.7 Å². The van der Waals surface area contributed by atoms with Crippen molar-refractivity contribution in [3.05, 3.63) is 6.04 Å². The van der Waals surface area contributed by atoms with Crippen molar-refractivity contribution in [1.82, 2.24) is 5.32 Å². The van der Waals surface area contributed by atoms with E-state index in [1.54, 1.807) is 0 Å². The fourth-order valence-electron chi connectivity index (χ4n) is 0.508. The van der Waals surface area contributed by atoms with Crippen molar-refractivity contribution in [3.8, 4) is 0 Å². The van der Waals surface area contributed by atoms with Crippen LogP contribution in [0.25, 0.3) is 0 Å². The van der Waals surface area contributed by atoms with Gasteiger partial charge in [-0.15, -0.1) is 0 Å². The zero-order chi connectivity index (χ0) is 9.07. The Kier molecular flexibility index (Phi) is 7.34. The summed E-state index contributed by atoms with van der Waals surface area (Å²) in [6.45, 7) is 9.11. The minimum absolute atomic E-state index is 0. The summed E-state index contributed by atoms with van der Waals surface area (Å²) in [5, 5.41) is 2.55. The van der Waals surface area contributed by atoms with E-state index in [4.69, 9.17) is 4.74 Å². The van der Waals surface area contributed by atoms with Gasteiger partial charge in [0.1, 0.15) is 5.60 Å². The van der Waals surface area contributed by atoms with Crippen LogP contribution >= 0.6 is 0 Å². The van der Waals surface area contributed by atoms with E-state index in [2.05, 4.69) is 5.32 Å². The number of amides is 1. The fourth-order valence-corrected chi connectivity index (χ4v) is 0.508. The largest absolute Gasteiger partial charge is 0.468 e. The summed E-state index contributed by atoms with van der Waals surface area (Å²) in [6, 6.07) is 0.833. The molecule has 0 saturated carbocycles. The van der Waals surface area contributed by atoms with Crippen LogP contribution in [0.3, 0.4) is 0 Å². The van der Waals surface area contributed by atoms with Gasteiger partial charge in [0.25, 0.3) is 0 Å². The van der Waals surface area contributed by atoms with Gasteiger partial charge in [0.05, 0.1) is 0 Å². The number of rotatable bonds is 1. The van der Waals surface area contributed by atoms with Crippen molar-refractivity contribution < 1.29 is 42.2 Å². The molecule has 0 atom stereocenters. The Morgan fingerprint density at radius 1 is 1.33 bits per heavy atom. The first-order chi connectivity index (χ1) is 4.81. The third kappa shape index (κ3) is 10.4. The first-order valence-electron chi connectivity index (χ1n) is 3.61. The summed E-state index contributed by atoms with van der Waals surface area (Å²) in [5.41, 5.74) is -0.417. The molecule has 0 aliphatic heterocycles. The molecule has 0 heterocycles. The van der Waals surface area contributed by atoms with Gasteiger partial charge in [-0.25, -0.2) is 10.8 Å². The van der Waals surface area contributed by atoms with Crippen molar-refractivity contribution in [1.29, 1.82) is 0 Å².